The first kappa shape index (κ1) is 7.79. The van der Waals surface area contributed by atoms with Crippen molar-refractivity contribution in [2.75, 3.05) is 0 Å². The minimum absolute atomic E-state index is 0.706. The Bertz CT molecular complexity index is 437. The zero-order valence-corrected chi connectivity index (χ0v) is 8.07. The summed E-state index contributed by atoms with van der Waals surface area (Å²) in [7, 11) is 1.97. The van der Waals surface area contributed by atoms with Crippen LogP contribution in [-0.2, 0) is 7.05 Å². The van der Waals surface area contributed by atoms with Crippen molar-refractivity contribution in [3.63, 3.8) is 0 Å². The molecule has 0 radical (unpaired) electrons. The van der Waals surface area contributed by atoms with Crippen LogP contribution >= 0.6 is 0 Å². The smallest absolute Gasteiger partial charge is 0.0860 e. The molecule has 0 spiro atoms. The highest BCUT2D eigenvalue weighted by Gasteiger charge is 2.27. The van der Waals surface area contributed by atoms with Gasteiger partial charge in [-0.25, -0.2) is 0 Å². The van der Waals surface area contributed by atoms with Crippen LogP contribution in [0.1, 0.15) is 24.5 Å². The van der Waals surface area contributed by atoms with E-state index in [0.29, 0.717) is 5.92 Å². The first-order valence-corrected chi connectivity index (χ1v) is 4.88. The molecule has 0 aromatic carbocycles. The Morgan fingerprint density at radius 2 is 2.36 bits per heavy atom. The summed E-state index contributed by atoms with van der Waals surface area (Å²) < 4.78 is 1.92. The fourth-order valence-electron chi connectivity index (χ4n) is 1.72. The van der Waals surface area contributed by atoms with Crippen LogP contribution in [-0.4, -0.2) is 20.0 Å². The van der Waals surface area contributed by atoms with Gasteiger partial charge in [-0.1, -0.05) is 0 Å². The third-order valence-corrected chi connectivity index (χ3v) is 2.67. The van der Waals surface area contributed by atoms with E-state index >= 15 is 0 Å². The maximum Gasteiger partial charge on any atom is 0.0860 e. The van der Waals surface area contributed by atoms with Crippen LogP contribution in [0.5, 0.6) is 0 Å². The quantitative estimate of drug-likeness (QED) is 0.779. The molecule has 1 saturated carbocycles. The van der Waals surface area contributed by atoms with Gasteiger partial charge in [0.25, 0.3) is 0 Å². The molecule has 1 fully saturated rings. The molecule has 2 aromatic heterocycles. The lowest BCUT2D eigenvalue weighted by molar-refractivity contribution is 0.748. The summed E-state index contributed by atoms with van der Waals surface area (Å²) in [6, 6.07) is 4.12. The fraction of sp³-hybridized carbons (Fsp3) is 0.400. The van der Waals surface area contributed by atoms with Crippen molar-refractivity contribution in [1.29, 1.82) is 0 Å². The Morgan fingerprint density at radius 1 is 1.50 bits per heavy atom. The molecule has 0 atom stereocenters. The first-order chi connectivity index (χ1) is 6.84. The van der Waals surface area contributed by atoms with Gasteiger partial charge < -0.3 is 0 Å². The lowest BCUT2D eigenvalue weighted by Gasteiger charge is -1.95. The van der Waals surface area contributed by atoms with Crippen molar-refractivity contribution in [3.05, 3.63) is 24.0 Å². The molecule has 0 unspecified atom stereocenters. The maximum absolute atomic E-state index is 4.50. The summed E-state index contributed by atoms with van der Waals surface area (Å²) in [6.45, 7) is 0. The van der Waals surface area contributed by atoms with Crippen molar-refractivity contribution in [2.45, 2.75) is 18.8 Å². The minimum atomic E-state index is 0.706. The highest BCUT2D eigenvalue weighted by Crippen LogP contribution is 2.40. The van der Waals surface area contributed by atoms with Crippen molar-refractivity contribution < 1.29 is 0 Å². The molecular formula is C10H12N4. The number of nitrogens with one attached hydrogen (secondary N) is 1. The van der Waals surface area contributed by atoms with Gasteiger partial charge in [0.1, 0.15) is 0 Å². The predicted molar refractivity (Wildman–Crippen MR) is 52.8 cm³/mol. The second-order valence-corrected chi connectivity index (χ2v) is 3.82. The van der Waals surface area contributed by atoms with E-state index < -0.39 is 0 Å². The predicted octanol–water partition coefficient (Wildman–Crippen LogP) is 1.69. The van der Waals surface area contributed by atoms with Gasteiger partial charge in [0, 0.05) is 19.2 Å². The molecular weight excluding hydrogens is 176 g/mol. The number of hydrogen-bond donors (Lipinski definition) is 1. The topological polar surface area (TPSA) is 46.5 Å². The van der Waals surface area contributed by atoms with Crippen LogP contribution in [0.2, 0.25) is 0 Å². The van der Waals surface area contributed by atoms with Gasteiger partial charge in [-0.3, -0.25) is 9.78 Å². The number of nitrogens with zero attached hydrogens (tertiary/aromatic N) is 3. The van der Waals surface area contributed by atoms with Crippen LogP contribution in [0.25, 0.3) is 11.4 Å². The van der Waals surface area contributed by atoms with E-state index in [1.165, 1.54) is 18.5 Å². The Morgan fingerprint density at radius 3 is 3.00 bits per heavy atom. The van der Waals surface area contributed by atoms with Crippen molar-refractivity contribution in [2.24, 2.45) is 7.05 Å². The normalized spacial score (nSPS) is 16.1. The van der Waals surface area contributed by atoms with Gasteiger partial charge in [-0.05, 0) is 25.0 Å². The summed E-state index contributed by atoms with van der Waals surface area (Å²) in [6.07, 6.45) is 4.35. The molecule has 0 bridgehead atoms. The molecule has 0 amide bonds. The highest BCUT2D eigenvalue weighted by molar-refractivity contribution is 5.54. The summed E-state index contributed by atoms with van der Waals surface area (Å²) in [5.74, 6) is 0.706. The first-order valence-electron chi connectivity index (χ1n) is 4.88. The molecule has 1 aliphatic carbocycles. The zero-order valence-electron chi connectivity index (χ0n) is 8.07. The molecule has 14 heavy (non-hydrogen) atoms. The number of aromatic nitrogens is 4. The fourth-order valence-corrected chi connectivity index (χ4v) is 1.72. The Kier molecular flexibility index (Phi) is 1.50. The molecule has 0 aliphatic heterocycles. The average molecular weight is 188 g/mol. The largest absolute Gasteiger partial charge is 0.276 e. The lowest BCUT2D eigenvalue weighted by atomic mass is 10.2. The summed E-state index contributed by atoms with van der Waals surface area (Å²) in [5, 5.41) is 11.4. The Balaban J connectivity index is 2.05. The van der Waals surface area contributed by atoms with E-state index in [4.69, 9.17) is 0 Å². The summed E-state index contributed by atoms with van der Waals surface area (Å²) in [4.78, 5) is 0. The second-order valence-electron chi connectivity index (χ2n) is 3.82. The maximum atomic E-state index is 4.50. The van der Waals surface area contributed by atoms with Gasteiger partial charge in [0.05, 0.1) is 17.1 Å². The summed E-state index contributed by atoms with van der Waals surface area (Å²) >= 11 is 0. The van der Waals surface area contributed by atoms with E-state index in [1.54, 1.807) is 6.20 Å². The van der Waals surface area contributed by atoms with Crippen LogP contribution in [0.15, 0.2) is 18.3 Å². The molecule has 2 heterocycles. The van der Waals surface area contributed by atoms with Crippen LogP contribution in [0.4, 0.5) is 0 Å². The van der Waals surface area contributed by atoms with E-state index in [2.05, 4.69) is 21.4 Å². The molecule has 1 N–H and O–H groups in total. The monoisotopic (exact) mass is 188 g/mol. The molecule has 2 aromatic rings. The lowest BCUT2D eigenvalue weighted by Crippen LogP contribution is -1.94. The molecule has 4 nitrogen and oxygen atoms in total. The Labute approximate surface area is 81.9 Å². The van der Waals surface area contributed by atoms with Gasteiger partial charge in [0.15, 0.2) is 0 Å². The van der Waals surface area contributed by atoms with Crippen LogP contribution in [0, 0.1) is 0 Å². The summed E-state index contributed by atoms with van der Waals surface area (Å²) in [5.41, 5.74) is 3.37. The van der Waals surface area contributed by atoms with E-state index in [-0.39, 0.29) is 0 Å². The second kappa shape index (κ2) is 2.70. The number of rotatable bonds is 2. The minimum Gasteiger partial charge on any atom is -0.276 e. The van der Waals surface area contributed by atoms with Gasteiger partial charge >= 0.3 is 0 Å². The van der Waals surface area contributed by atoms with Crippen LogP contribution < -0.4 is 0 Å². The SMILES string of the molecule is Cn1nc(C2CC2)cc1-c1ccn[nH]1. The molecule has 3 rings (SSSR count). The van der Waals surface area contributed by atoms with Crippen LogP contribution in [0.3, 0.4) is 0 Å². The molecule has 4 heteroatoms. The number of aromatic amines is 1. The average Bonchev–Trinajstić information content (AvgIpc) is 2.75. The standard InChI is InChI=1S/C10H12N4/c1-14-10(8-4-5-11-12-8)6-9(13-14)7-2-3-7/h4-7H,2-3H2,1H3,(H,11,12). The van der Waals surface area contributed by atoms with E-state index in [0.717, 1.165) is 11.4 Å². The third kappa shape index (κ3) is 1.14. The van der Waals surface area contributed by atoms with Crippen molar-refractivity contribution in [1.82, 2.24) is 20.0 Å². The number of H-pyrrole nitrogens is 1. The Hall–Kier alpha value is -1.58. The zero-order chi connectivity index (χ0) is 9.54. The molecule has 0 saturated heterocycles. The third-order valence-electron chi connectivity index (χ3n) is 2.67. The molecule has 1 aliphatic rings. The van der Waals surface area contributed by atoms with Gasteiger partial charge in [-0.2, -0.15) is 10.2 Å². The van der Waals surface area contributed by atoms with Crippen molar-refractivity contribution >= 4 is 0 Å². The van der Waals surface area contributed by atoms with Crippen molar-refractivity contribution in [3.8, 4) is 11.4 Å². The molecule has 72 valence electrons. The number of aryl methyl sites for hydroxylation is 1. The van der Waals surface area contributed by atoms with Gasteiger partial charge in [-0.15, -0.1) is 0 Å². The number of hydrogen-bond acceptors (Lipinski definition) is 2. The van der Waals surface area contributed by atoms with Gasteiger partial charge in [0.2, 0.25) is 0 Å². The highest BCUT2D eigenvalue weighted by atomic mass is 15.3. The van der Waals surface area contributed by atoms with E-state index in [1.807, 2.05) is 17.8 Å². The van der Waals surface area contributed by atoms with E-state index in [9.17, 15) is 0 Å².